The third kappa shape index (κ3) is 3.55. The van der Waals surface area contributed by atoms with Crippen LogP contribution >= 0.6 is 23.3 Å². The molecule has 2 aromatic rings. The topological polar surface area (TPSA) is 69.6 Å². The van der Waals surface area contributed by atoms with Crippen molar-refractivity contribution in [2.75, 3.05) is 0 Å². The average molecular weight is 297 g/mol. The lowest BCUT2D eigenvalue weighted by Gasteiger charge is -2.19. The number of aryl methyl sites for hydroxylation is 2. The Morgan fingerprint density at radius 3 is 2.79 bits per heavy atom. The lowest BCUT2D eigenvalue weighted by Crippen LogP contribution is -2.25. The van der Waals surface area contributed by atoms with Crippen LogP contribution in [0.2, 0.25) is 0 Å². The van der Waals surface area contributed by atoms with E-state index in [-0.39, 0.29) is 11.3 Å². The molecule has 104 valence electrons. The van der Waals surface area contributed by atoms with Crippen molar-refractivity contribution in [1.82, 2.24) is 19.1 Å². The lowest BCUT2D eigenvalue weighted by molar-refractivity contribution is 0.633. The second-order valence-electron chi connectivity index (χ2n) is 4.39. The van der Waals surface area contributed by atoms with Gasteiger partial charge in [0.1, 0.15) is 5.82 Å². The molecule has 0 spiro atoms. The summed E-state index contributed by atoms with van der Waals surface area (Å²) >= 11 is 3.14. The quantitative estimate of drug-likeness (QED) is 0.829. The molecule has 2 rings (SSSR count). The van der Waals surface area contributed by atoms with E-state index in [2.05, 4.69) is 28.3 Å². The summed E-state index contributed by atoms with van der Waals surface area (Å²) in [5.74, 6) is 0.905. The van der Waals surface area contributed by atoms with Crippen LogP contribution in [0.25, 0.3) is 0 Å². The number of hydrogen-bond donors (Lipinski definition) is 1. The zero-order valence-electron chi connectivity index (χ0n) is 11.4. The van der Waals surface area contributed by atoms with Gasteiger partial charge in [0.15, 0.2) is 4.34 Å². The zero-order chi connectivity index (χ0) is 13.8. The molecule has 19 heavy (non-hydrogen) atoms. The van der Waals surface area contributed by atoms with Gasteiger partial charge in [0.2, 0.25) is 0 Å². The maximum absolute atomic E-state index is 6.24. The van der Waals surface area contributed by atoms with Crippen LogP contribution in [-0.2, 0) is 13.5 Å². The summed E-state index contributed by atoms with van der Waals surface area (Å²) in [5, 5.41) is 4.41. The highest BCUT2D eigenvalue weighted by atomic mass is 32.2. The minimum atomic E-state index is 0.0863. The molecule has 0 saturated carbocycles. The molecule has 0 aromatic carbocycles. The number of nitrogens with two attached hydrogens (primary N) is 1. The summed E-state index contributed by atoms with van der Waals surface area (Å²) in [6.07, 6.45) is 5.70. The van der Waals surface area contributed by atoms with Crippen LogP contribution in [0.5, 0.6) is 0 Å². The highest BCUT2D eigenvalue weighted by Crippen LogP contribution is 2.38. The van der Waals surface area contributed by atoms with E-state index in [9.17, 15) is 0 Å². The van der Waals surface area contributed by atoms with E-state index in [1.165, 1.54) is 11.5 Å². The number of aromatic nitrogens is 4. The molecule has 0 saturated heterocycles. The van der Waals surface area contributed by atoms with Crippen LogP contribution in [0.1, 0.15) is 36.9 Å². The van der Waals surface area contributed by atoms with Crippen molar-refractivity contribution in [3.8, 4) is 0 Å². The van der Waals surface area contributed by atoms with Gasteiger partial charge in [-0.25, -0.2) is 4.98 Å². The van der Waals surface area contributed by atoms with Crippen LogP contribution in [0.3, 0.4) is 0 Å². The van der Waals surface area contributed by atoms with Crippen LogP contribution in [-0.4, -0.2) is 25.2 Å². The average Bonchev–Trinajstić information content (AvgIpc) is 3.03. The van der Waals surface area contributed by atoms with Gasteiger partial charge in [0, 0.05) is 31.3 Å². The molecule has 2 unspecified atom stereocenters. The minimum absolute atomic E-state index is 0.0863. The predicted molar refractivity (Wildman–Crippen MR) is 79.4 cm³/mol. The first-order valence-corrected chi connectivity index (χ1v) is 8.02. The van der Waals surface area contributed by atoms with E-state index >= 15 is 0 Å². The summed E-state index contributed by atoms with van der Waals surface area (Å²) in [6, 6.07) is 0.0863. The third-order valence-electron chi connectivity index (χ3n) is 2.91. The smallest absolute Gasteiger partial charge is 0.170 e. The van der Waals surface area contributed by atoms with Gasteiger partial charge in [-0.1, -0.05) is 25.6 Å². The van der Waals surface area contributed by atoms with Gasteiger partial charge >= 0.3 is 0 Å². The highest BCUT2D eigenvalue weighted by molar-refractivity contribution is 8.01. The zero-order valence-corrected chi connectivity index (χ0v) is 13.0. The highest BCUT2D eigenvalue weighted by Gasteiger charge is 2.23. The van der Waals surface area contributed by atoms with Crippen molar-refractivity contribution >= 4 is 23.3 Å². The van der Waals surface area contributed by atoms with Gasteiger partial charge in [-0.3, -0.25) is 4.68 Å². The third-order valence-corrected chi connectivity index (χ3v) is 5.14. The SMILES string of the molecule is CCc1nsc(SC(c2cnn(C)c2)C(N)CC)n1. The first kappa shape index (κ1) is 14.5. The molecule has 2 aromatic heterocycles. The molecule has 0 fully saturated rings. The van der Waals surface area contributed by atoms with E-state index in [4.69, 9.17) is 5.73 Å². The van der Waals surface area contributed by atoms with E-state index in [0.29, 0.717) is 0 Å². The molecule has 2 atom stereocenters. The van der Waals surface area contributed by atoms with Gasteiger partial charge in [-0.2, -0.15) is 9.47 Å². The number of nitrogens with zero attached hydrogens (tertiary/aromatic N) is 4. The molecule has 0 aliphatic carbocycles. The maximum Gasteiger partial charge on any atom is 0.170 e. The summed E-state index contributed by atoms with van der Waals surface area (Å²) in [6.45, 7) is 4.17. The molecular weight excluding hydrogens is 278 g/mol. The normalized spacial score (nSPS) is 14.5. The van der Waals surface area contributed by atoms with E-state index in [1.807, 2.05) is 24.1 Å². The molecule has 0 aliphatic heterocycles. The molecule has 2 heterocycles. The van der Waals surface area contributed by atoms with Gasteiger partial charge in [-0.05, 0) is 18.0 Å². The van der Waals surface area contributed by atoms with Crippen molar-refractivity contribution in [2.24, 2.45) is 12.8 Å². The second-order valence-corrected chi connectivity index (χ2v) is 6.53. The van der Waals surface area contributed by atoms with Crippen LogP contribution in [0, 0.1) is 0 Å². The Labute approximate surface area is 121 Å². The maximum atomic E-state index is 6.24. The van der Waals surface area contributed by atoms with Crippen molar-refractivity contribution in [3.63, 3.8) is 0 Å². The molecule has 0 aliphatic rings. The van der Waals surface area contributed by atoms with Crippen molar-refractivity contribution in [1.29, 1.82) is 0 Å². The van der Waals surface area contributed by atoms with Crippen LogP contribution < -0.4 is 5.73 Å². The monoisotopic (exact) mass is 297 g/mol. The second kappa shape index (κ2) is 6.49. The summed E-state index contributed by atoms with van der Waals surface area (Å²) in [4.78, 5) is 4.51. The van der Waals surface area contributed by atoms with Crippen molar-refractivity contribution in [2.45, 2.75) is 42.3 Å². The van der Waals surface area contributed by atoms with Crippen LogP contribution in [0.15, 0.2) is 16.7 Å². The minimum Gasteiger partial charge on any atom is -0.326 e. The number of hydrogen-bond acceptors (Lipinski definition) is 6. The summed E-state index contributed by atoms with van der Waals surface area (Å²) in [7, 11) is 1.92. The molecule has 0 bridgehead atoms. The van der Waals surface area contributed by atoms with Gasteiger partial charge in [-0.15, -0.1) is 0 Å². The van der Waals surface area contributed by atoms with Gasteiger partial charge in [0.25, 0.3) is 0 Å². The molecule has 0 radical (unpaired) electrons. The van der Waals surface area contributed by atoms with E-state index < -0.39 is 0 Å². The Morgan fingerprint density at radius 2 is 2.26 bits per heavy atom. The Balaban J connectivity index is 2.18. The van der Waals surface area contributed by atoms with E-state index in [1.54, 1.807) is 11.8 Å². The molecule has 2 N–H and O–H groups in total. The van der Waals surface area contributed by atoms with Crippen molar-refractivity contribution in [3.05, 3.63) is 23.8 Å². The Bertz CT molecular complexity index is 522. The molecule has 7 heteroatoms. The molecular formula is C12H19N5S2. The summed E-state index contributed by atoms with van der Waals surface area (Å²) < 4.78 is 7.11. The van der Waals surface area contributed by atoms with Gasteiger partial charge in [0.05, 0.1) is 11.4 Å². The fourth-order valence-electron chi connectivity index (χ4n) is 1.74. The van der Waals surface area contributed by atoms with Crippen molar-refractivity contribution < 1.29 is 0 Å². The molecule has 5 nitrogen and oxygen atoms in total. The Hall–Kier alpha value is -0.920. The fraction of sp³-hybridized carbons (Fsp3) is 0.583. The number of thioether (sulfide) groups is 1. The fourth-order valence-corrected chi connectivity index (χ4v) is 3.84. The predicted octanol–water partition coefficient (Wildman–Crippen LogP) is 2.40. The van der Waals surface area contributed by atoms with Gasteiger partial charge < -0.3 is 5.73 Å². The standard InChI is InChI=1S/C12H19N5S2/c1-4-9(13)11(8-6-14-17(3)7-8)18-12-15-10(5-2)16-19-12/h6-7,9,11H,4-5,13H2,1-3H3. The first-order valence-electron chi connectivity index (χ1n) is 6.37. The lowest BCUT2D eigenvalue weighted by atomic mass is 10.1. The largest absolute Gasteiger partial charge is 0.326 e. The number of rotatable bonds is 6. The molecule has 0 amide bonds. The summed E-state index contributed by atoms with van der Waals surface area (Å²) in [5.41, 5.74) is 7.39. The van der Waals surface area contributed by atoms with Crippen LogP contribution in [0.4, 0.5) is 0 Å². The Morgan fingerprint density at radius 1 is 1.47 bits per heavy atom. The Kier molecular flexibility index (Phi) is 4.95. The first-order chi connectivity index (χ1) is 9.13. The van der Waals surface area contributed by atoms with E-state index in [0.717, 1.165) is 28.6 Å².